The first-order chi connectivity index (χ1) is 2.41. The van der Waals surface area contributed by atoms with Crippen LogP contribution in [0.2, 0.25) is 5.09 Å². The molecular formula is C4H9Li. The average Bonchev–Trinajstić information content (AvgIpc) is 1.41. The van der Waals surface area contributed by atoms with E-state index in [0.717, 1.165) is 0 Å². The van der Waals surface area contributed by atoms with E-state index in [0.29, 0.717) is 0 Å². The Morgan fingerprint density at radius 2 is 2.20 bits per heavy atom. The number of hydrogen-bond acceptors (Lipinski definition) is 0. The zero-order chi connectivity index (χ0) is 4.12. The molecule has 0 saturated carbocycles. The Morgan fingerprint density at radius 3 is 2.20 bits per heavy atom. The minimum atomic E-state index is 1.34. The van der Waals surface area contributed by atoms with Crippen molar-refractivity contribution in [1.82, 2.24) is 0 Å². The second-order valence-corrected chi connectivity index (χ2v) is 1.35. The molecule has 0 aromatic rings. The number of rotatable bonds is 2. The molecular weight excluding hydrogens is 54.1 g/mol. The summed E-state index contributed by atoms with van der Waals surface area (Å²) >= 11 is 2.21. The van der Waals surface area contributed by atoms with E-state index in [2.05, 4.69) is 24.6 Å². The fraction of sp³-hybridized carbons (Fsp3) is 1.00. The molecule has 0 aliphatic carbocycles. The Kier molecular flexibility index (Phi) is 5.15. The molecule has 0 radical (unpaired) electrons. The van der Waals surface area contributed by atoms with Crippen molar-refractivity contribution in [2.24, 2.45) is 0 Å². The fourth-order valence-corrected chi connectivity index (χ4v) is 0.354. The summed E-state index contributed by atoms with van der Waals surface area (Å²) in [5.74, 6) is 0. The molecule has 0 N–H and O–H groups in total. The van der Waals surface area contributed by atoms with Gasteiger partial charge in [-0.25, -0.2) is 0 Å². The molecule has 0 aromatic carbocycles. The van der Waals surface area contributed by atoms with Crippen molar-refractivity contribution in [3.8, 4) is 0 Å². The van der Waals surface area contributed by atoms with Gasteiger partial charge in [0, 0.05) is 0 Å². The molecule has 0 unspecified atom stereocenters. The Balaban J connectivity index is 2.19. The van der Waals surface area contributed by atoms with E-state index in [1.807, 2.05) is 0 Å². The number of unbranched alkanes of at least 4 members (excludes halogenated alkanes) is 1. The van der Waals surface area contributed by atoms with Gasteiger partial charge in [0.25, 0.3) is 0 Å². The van der Waals surface area contributed by atoms with Crippen LogP contribution in [0.25, 0.3) is 0 Å². The van der Waals surface area contributed by atoms with Crippen LogP contribution in [-0.4, -0.2) is 17.7 Å². The fourth-order valence-electron chi connectivity index (χ4n) is 0.354. The van der Waals surface area contributed by atoms with Crippen LogP contribution in [0, 0.1) is 0 Å². The first-order valence-corrected chi connectivity index (χ1v) is 2.41. The summed E-state index contributed by atoms with van der Waals surface area (Å²) in [6.07, 6.45) is 2.73. The van der Waals surface area contributed by atoms with E-state index in [9.17, 15) is 0 Å². The summed E-state index contributed by atoms with van der Waals surface area (Å²) in [6, 6.07) is 0. The normalized spacial score (nSPS) is 8.60. The first-order valence-electron chi connectivity index (χ1n) is 2.41. The summed E-state index contributed by atoms with van der Waals surface area (Å²) in [5, 5.41) is 1.34. The zero-order valence-electron chi connectivity index (χ0n) is 4.12. The molecule has 0 nitrogen and oxygen atoms in total. The quantitative estimate of drug-likeness (QED) is 0.425. The summed E-state index contributed by atoms with van der Waals surface area (Å²) in [7, 11) is 0. The number of hydrogen-bond donors (Lipinski definition) is 0. The van der Waals surface area contributed by atoms with Crippen LogP contribution in [0.15, 0.2) is 0 Å². The molecule has 0 amide bonds. The molecule has 0 saturated heterocycles. The molecule has 0 aliphatic heterocycles. The van der Waals surface area contributed by atoms with Gasteiger partial charge in [-0.15, -0.1) is 0 Å². The van der Waals surface area contributed by atoms with E-state index in [4.69, 9.17) is 0 Å². The third-order valence-electron chi connectivity index (χ3n) is 0.707. The van der Waals surface area contributed by atoms with E-state index in [1.165, 1.54) is 17.9 Å². The molecule has 0 fully saturated rings. The van der Waals surface area contributed by atoms with Gasteiger partial charge in [-0.3, -0.25) is 0 Å². The third-order valence-corrected chi connectivity index (χ3v) is 0.707. The maximum absolute atomic E-state index is 2.21. The predicted molar refractivity (Wildman–Crippen MR) is 25.5 cm³/mol. The maximum atomic E-state index is 2.21. The predicted octanol–water partition coefficient (Wildman–Crippen LogP) is 1.37. The van der Waals surface area contributed by atoms with Crippen molar-refractivity contribution in [2.45, 2.75) is 24.9 Å². The molecule has 26 valence electrons. The second-order valence-electron chi connectivity index (χ2n) is 1.35. The summed E-state index contributed by atoms with van der Waals surface area (Å²) < 4.78 is 0. The van der Waals surface area contributed by atoms with Gasteiger partial charge in [-0.05, 0) is 0 Å². The van der Waals surface area contributed by atoms with Gasteiger partial charge in [0.1, 0.15) is 0 Å². The topological polar surface area (TPSA) is 0 Å². The van der Waals surface area contributed by atoms with E-state index in [-0.39, 0.29) is 0 Å². The SMILES string of the molecule is [6Li][CH2]CCC. The molecule has 0 spiro atoms. The third kappa shape index (κ3) is 4.60. The molecule has 0 rings (SSSR count). The summed E-state index contributed by atoms with van der Waals surface area (Å²) in [6.45, 7) is 2.21. The monoisotopic (exact) mass is 63.1 g/mol. The van der Waals surface area contributed by atoms with Gasteiger partial charge in [-0.2, -0.15) is 0 Å². The molecule has 5 heavy (non-hydrogen) atoms. The standard InChI is InChI=1S/C4H9.Li/c1-3-4-2;/h1,3-4H2,2H3;/i;1-1. The minimum absolute atomic E-state index is 1.34. The van der Waals surface area contributed by atoms with Crippen molar-refractivity contribution >= 4 is 17.7 Å². The summed E-state index contributed by atoms with van der Waals surface area (Å²) in [5.41, 5.74) is 0. The molecule has 0 bridgehead atoms. The Bertz CT molecular complexity index is 11.1. The van der Waals surface area contributed by atoms with Crippen LogP contribution < -0.4 is 0 Å². The van der Waals surface area contributed by atoms with E-state index in [1.54, 1.807) is 0 Å². The molecule has 0 aromatic heterocycles. The van der Waals surface area contributed by atoms with Crippen molar-refractivity contribution in [3.63, 3.8) is 0 Å². The van der Waals surface area contributed by atoms with E-state index >= 15 is 0 Å². The van der Waals surface area contributed by atoms with Gasteiger partial charge in [0.05, 0.1) is 0 Å². The van der Waals surface area contributed by atoms with Crippen LogP contribution in [0.5, 0.6) is 0 Å². The Hall–Kier alpha value is 0.597. The van der Waals surface area contributed by atoms with Crippen molar-refractivity contribution < 1.29 is 0 Å². The summed E-state index contributed by atoms with van der Waals surface area (Å²) in [4.78, 5) is 0. The Morgan fingerprint density at radius 1 is 1.60 bits per heavy atom. The van der Waals surface area contributed by atoms with Crippen LogP contribution >= 0.6 is 0 Å². The average molecular weight is 63.1 g/mol. The zero-order valence-corrected chi connectivity index (χ0v) is 4.12. The van der Waals surface area contributed by atoms with Gasteiger partial charge >= 0.3 is 42.6 Å². The molecule has 0 heterocycles. The second kappa shape index (κ2) is 4.60. The molecule has 0 atom stereocenters. The van der Waals surface area contributed by atoms with Gasteiger partial charge in [0.15, 0.2) is 0 Å². The van der Waals surface area contributed by atoms with Crippen LogP contribution in [0.4, 0.5) is 0 Å². The first kappa shape index (κ1) is 5.60. The van der Waals surface area contributed by atoms with Gasteiger partial charge in [-0.1, -0.05) is 0 Å². The van der Waals surface area contributed by atoms with Crippen LogP contribution in [0.3, 0.4) is 0 Å². The molecule has 0 aliphatic rings. The van der Waals surface area contributed by atoms with E-state index < -0.39 is 0 Å². The van der Waals surface area contributed by atoms with Gasteiger partial charge < -0.3 is 0 Å². The Labute approximate surface area is 43.2 Å². The van der Waals surface area contributed by atoms with Gasteiger partial charge in [0.2, 0.25) is 0 Å². The van der Waals surface area contributed by atoms with Crippen LogP contribution in [-0.2, 0) is 0 Å². The van der Waals surface area contributed by atoms with Crippen molar-refractivity contribution in [3.05, 3.63) is 0 Å². The van der Waals surface area contributed by atoms with Crippen molar-refractivity contribution in [1.29, 1.82) is 0 Å². The molecule has 1 heteroatoms. The van der Waals surface area contributed by atoms with Crippen molar-refractivity contribution in [2.75, 3.05) is 0 Å². The van der Waals surface area contributed by atoms with Crippen LogP contribution in [0.1, 0.15) is 19.8 Å².